The van der Waals surface area contributed by atoms with Gasteiger partial charge in [-0.1, -0.05) is 35.4 Å². The molecule has 0 aliphatic carbocycles. The topological polar surface area (TPSA) is 54.6 Å². The summed E-state index contributed by atoms with van der Waals surface area (Å²) >= 11 is 6.12. The van der Waals surface area contributed by atoms with Gasteiger partial charge >= 0.3 is 5.97 Å². The Bertz CT molecular complexity index is 868. The Morgan fingerprint density at radius 3 is 2.71 bits per heavy atom. The van der Waals surface area contributed by atoms with Crippen LogP contribution in [0.15, 0.2) is 36.5 Å². The van der Waals surface area contributed by atoms with Gasteiger partial charge in [0.1, 0.15) is 5.69 Å². The molecular formula is C16H13ClN2O2. The average Bonchev–Trinajstić information content (AvgIpc) is 2.79. The van der Waals surface area contributed by atoms with Crippen LogP contribution in [-0.4, -0.2) is 20.5 Å². The molecule has 3 rings (SSSR count). The van der Waals surface area contributed by atoms with E-state index in [2.05, 4.69) is 4.98 Å². The predicted molar refractivity (Wildman–Crippen MR) is 82.1 cm³/mol. The van der Waals surface area contributed by atoms with Crippen LogP contribution in [-0.2, 0) is 0 Å². The monoisotopic (exact) mass is 300 g/mol. The van der Waals surface area contributed by atoms with E-state index < -0.39 is 5.97 Å². The highest BCUT2D eigenvalue weighted by molar-refractivity contribution is 6.33. The quantitative estimate of drug-likeness (QED) is 0.779. The molecule has 0 bridgehead atoms. The van der Waals surface area contributed by atoms with Gasteiger partial charge in [-0.15, -0.1) is 0 Å². The Labute approximate surface area is 126 Å². The summed E-state index contributed by atoms with van der Waals surface area (Å²) in [7, 11) is 0. The highest BCUT2D eigenvalue weighted by Crippen LogP contribution is 2.30. The van der Waals surface area contributed by atoms with Crippen molar-refractivity contribution in [1.29, 1.82) is 0 Å². The second-order valence-electron chi connectivity index (χ2n) is 4.98. The van der Waals surface area contributed by atoms with Crippen molar-refractivity contribution in [2.24, 2.45) is 0 Å². The largest absolute Gasteiger partial charge is 0.476 e. The van der Waals surface area contributed by atoms with Gasteiger partial charge in [-0.3, -0.25) is 4.40 Å². The first-order valence-corrected chi connectivity index (χ1v) is 6.84. The van der Waals surface area contributed by atoms with Crippen LogP contribution in [0.1, 0.15) is 21.6 Å². The number of aromatic nitrogens is 2. The molecule has 0 aliphatic heterocycles. The number of carboxylic acids is 1. The maximum atomic E-state index is 11.7. The van der Waals surface area contributed by atoms with Crippen molar-refractivity contribution in [3.05, 3.63) is 58.4 Å². The molecule has 0 aliphatic rings. The van der Waals surface area contributed by atoms with Gasteiger partial charge in [0.25, 0.3) is 0 Å². The Morgan fingerprint density at radius 1 is 1.29 bits per heavy atom. The fourth-order valence-electron chi connectivity index (χ4n) is 2.51. The summed E-state index contributed by atoms with van der Waals surface area (Å²) in [6.07, 6.45) is 1.66. The van der Waals surface area contributed by atoms with Gasteiger partial charge in [-0.25, -0.2) is 9.78 Å². The number of benzene rings is 1. The zero-order valence-corrected chi connectivity index (χ0v) is 12.3. The molecule has 3 aromatic rings. The van der Waals surface area contributed by atoms with E-state index in [0.717, 1.165) is 16.7 Å². The third-order valence-corrected chi connectivity index (χ3v) is 3.74. The highest BCUT2D eigenvalue weighted by atomic mass is 35.5. The summed E-state index contributed by atoms with van der Waals surface area (Å²) in [6.45, 7) is 3.94. The lowest BCUT2D eigenvalue weighted by Crippen LogP contribution is -2.04. The number of rotatable bonds is 2. The van der Waals surface area contributed by atoms with Gasteiger partial charge in [0.05, 0.1) is 5.02 Å². The van der Waals surface area contributed by atoms with E-state index in [-0.39, 0.29) is 5.69 Å². The van der Waals surface area contributed by atoms with Crippen molar-refractivity contribution >= 4 is 23.2 Å². The molecule has 106 valence electrons. The molecule has 0 spiro atoms. The Balaban J connectivity index is 2.39. The number of carboxylic acid groups (broad SMARTS) is 1. The number of nitrogens with zero attached hydrogens (tertiary/aromatic N) is 2. The number of aryl methyl sites for hydroxylation is 2. The van der Waals surface area contributed by atoms with Crippen LogP contribution >= 0.6 is 11.6 Å². The minimum Gasteiger partial charge on any atom is -0.476 e. The molecular weight excluding hydrogens is 288 g/mol. The van der Waals surface area contributed by atoms with E-state index in [0.29, 0.717) is 16.4 Å². The van der Waals surface area contributed by atoms with Gasteiger partial charge in [-0.05, 0) is 31.5 Å². The zero-order chi connectivity index (χ0) is 15.1. The number of carbonyl (C=O) groups is 1. The number of fused-ring (bicyclic) bond motifs is 1. The summed E-state index contributed by atoms with van der Waals surface area (Å²) in [6, 6.07) is 9.25. The molecule has 0 amide bonds. The van der Waals surface area contributed by atoms with Crippen LogP contribution in [0.2, 0.25) is 5.02 Å². The van der Waals surface area contributed by atoms with Crippen LogP contribution in [0.4, 0.5) is 0 Å². The number of pyridine rings is 1. The maximum absolute atomic E-state index is 11.7. The molecule has 1 aromatic carbocycles. The lowest BCUT2D eigenvalue weighted by molar-refractivity contribution is 0.0690. The van der Waals surface area contributed by atoms with Crippen molar-refractivity contribution in [2.75, 3.05) is 0 Å². The first-order chi connectivity index (χ1) is 9.99. The molecule has 4 nitrogen and oxygen atoms in total. The molecule has 21 heavy (non-hydrogen) atoms. The van der Waals surface area contributed by atoms with Crippen LogP contribution in [0.5, 0.6) is 0 Å². The smallest absolute Gasteiger partial charge is 0.355 e. The lowest BCUT2D eigenvalue weighted by atomic mass is 10.0. The van der Waals surface area contributed by atoms with E-state index in [1.54, 1.807) is 18.3 Å². The summed E-state index contributed by atoms with van der Waals surface area (Å²) < 4.78 is 1.51. The molecule has 1 N–H and O–H groups in total. The van der Waals surface area contributed by atoms with Crippen LogP contribution in [0, 0.1) is 13.8 Å². The lowest BCUT2D eigenvalue weighted by Gasteiger charge is -2.05. The average molecular weight is 301 g/mol. The van der Waals surface area contributed by atoms with Crippen molar-refractivity contribution in [2.45, 2.75) is 13.8 Å². The highest BCUT2D eigenvalue weighted by Gasteiger charge is 2.22. The van der Waals surface area contributed by atoms with E-state index >= 15 is 0 Å². The van der Waals surface area contributed by atoms with Crippen molar-refractivity contribution in [3.8, 4) is 11.3 Å². The second kappa shape index (κ2) is 4.90. The molecule has 5 heteroatoms. The summed E-state index contributed by atoms with van der Waals surface area (Å²) in [4.78, 5) is 16.1. The molecule has 2 heterocycles. The molecule has 0 fully saturated rings. The van der Waals surface area contributed by atoms with Crippen LogP contribution < -0.4 is 0 Å². The van der Waals surface area contributed by atoms with Gasteiger partial charge in [0.15, 0.2) is 11.3 Å². The van der Waals surface area contributed by atoms with E-state index in [9.17, 15) is 9.90 Å². The van der Waals surface area contributed by atoms with E-state index in [4.69, 9.17) is 11.6 Å². The minimum atomic E-state index is -1.03. The van der Waals surface area contributed by atoms with Gasteiger partial charge in [0.2, 0.25) is 0 Å². The Kier molecular flexibility index (Phi) is 3.18. The first-order valence-electron chi connectivity index (χ1n) is 6.46. The maximum Gasteiger partial charge on any atom is 0.355 e. The summed E-state index contributed by atoms with van der Waals surface area (Å²) in [5.41, 5.74) is 3.92. The third kappa shape index (κ3) is 2.17. The molecule has 0 radical (unpaired) electrons. The Hall–Kier alpha value is -2.33. The molecule has 2 aromatic heterocycles. The van der Waals surface area contributed by atoms with Crippen molar-refractivity contribution in [3.63, 3.8) is 0 Å². The number of imidazole rings is 1. The van der Waals surface area contributed by atoms with Gasteiger partial charge in [0, 0.05) is 11.8 Å². The minimum absolute atomic E-state index is 0.124. The molecule has 0 unspecified atom stereocenters. The number of aromatic carboxylic acids is 1. The van der Waals surface area contributed by atoms with Gasteiger partial charge < -0.3 is 5.11 Å². The molecule has 0 saturated heterocycles. The standard InChI is InChI=1S/C16H13ClN2O2/c1-9-5-6-11(10(2)8-9)13-14(16(20)21)19-7-3-4-12(17)15(19)18-13/h3-8H,1-2H3,(H,20,21). The molecule has 0 saturated carbocycles. The number of hydrogen-bond donors (Lipinski definition) is 1. The number of hydrogen-bond acceptors (Lipinski definition) is 2. The molecule has 0 atom stereocenters. The van der Waals surface area contributed by atoms with Gasteiger partial charge in [-0.2, -0.15) is 0 Å². The fourth-order valence-corrected chi connectivity index (χ4v) is 2.71. The van der Waals surface area contributed by atoms with E-state index in [1.165, 1.54) is 4.40 Å². The fraction of sp³-hybridized carbons (Fsp3) is 0.125. The van der Waals surface area contributed by atoms with Crippen molar-refractivity contribution < 1.29 is 9.90 Å². The summed E-state index contributed by atoms with van der Waals surface area (Å²) in [5, 5.41) is 9.97. The summed E-state index contributed by atoms with van der Waals surface area (Å²) in [5.74, 6) is -1.03. The van der Waals surface area contributed by atoms with Crippen molar-refractivity contribution in [1.82, 2.24) is 9.38 Å². The normalized spacial score (nSPS) is 11.0. The number of halogens is 1. The SMILES string of the molecule is Cc1ccc(-c2nc3c(Cl)cccn3c2C(=O)O)c(C)c1. The van der Waals surface area contributed by atoms with Crippen LogP contribution in [0.25, 0.3) is 16.9 Å². The van der Waals surface area contributed by atoms with Crippen LogP contribution in [0.3, 0.4) is 0 Å². The van der Waals surface area contributed by atoms with E-state index in [1.807, 2.05) is 32.0 Å². The first kappa shape index (κ1) is 13.6. The predicted octanol–water partition coefficient (Wildman–Crippen LogP) is 3.97. The zero-order valence-electron chi connectivity index (χ0n) is 11.6. The third-order valence-electron chi connectivity index (χ3n) is 3.44. The second-order valence-corrected chi connectivity index (χ2v) is 5.39. The Morgan fingerprint density at radius 2 is 2.05 bits per heavy atom.